The third-order valence-electron chi connectivity index (χ3n) is 3.73. The molecule has 0 aromatic rings. The van der Waals surface area contributed by atoms with E-state index in [-0.39, 0.29) is 12.5 Å². The zero-order valence-corrected chi connectivity index (χ0v) is 10.6. The van der Waals surface area contributed by atoms with Crippen molar-refractivity contribution in [2.24, 2.45) is 0 Å². The summed E-state index contributed by atoms with van der Waals surface area (Å²) in [5.41, 5.74) is 0. The molecule has 18 heavy (non-hydrogen) atoms. The van der Waals surface area contributed by atoms with Gasteiger partial charge < -0.3 is 15.3 Å². The van der Waals surface area contributed by atoms with E-state index in [0.29, 0.717) is 25.7 Å². The second-order valence-electron chi connectivity index (χ2n) is 5.05. The molecular formula is C12H21N3O3. The van der Waals surface area contributed by atoms with Gasteiger partial charge in [0.2, 0.25) is 0 Å². The van der Waals surface area contributed by atoms with Crippen LogP contribution in [0.4, 0.5) is 4.79 Å². The lowest BCUT2D eigenvalue weighted by Crippen LogP contribution is -2.54. The van der Waals surface area contributed by atoms with Gasteiger partial charge in [-0.25, -0.2) is 4.79 Å². The zero-order valence-electron chi connectivity index (χ0n) is 10.6. The lowest BCUT2D eigenvalue weighted by molar-refractivity contribution is -0.137. The molecule has 6 nitrogen and oxygen atoms in total. The first kappa shape index (κ1) is 13.1. The molecule has 6 heteroatoms. The SMILES string of the molecule is O=C(O)CCN1CCN(C(=O)NC2CCC2)CC1. The van der Waals surface area contributed by atoms with Crippen LogP contribution >= 0.6 is 0 Å². The van der Waals surface area contributed by atoms with Gasteiger partial charge in [0.1, 0.15) is 0 Å². The minimum atomic E-state index is -0.764. The number of urea groups is 1. The minimum absolute atomic E-state index is 0.0394. The third-order valence-corrected chi connectivity index (χ3v) is 3.73. The summed E-state index contributed by atoms with van der Waals surface area (Å²) in [5.74, 6) is -0.764. The van der Waals surface area contributed by atoms with Crippen molar-refractivity contribution in [1.29, 1.82) is 0 Å². The lowest BCUT2D eigenvalue weighted by atomic mass is 9.93. The maximum atomic E-state index is 11.9. The molecule has 1 heterocycles. The van der Waals surface area contributed by atoms with E-state index in [0.717, 1.165) is 25.9 Å². The number of carboxylic acids is 1. The summed E-state index contributed by atoms with van der Waals surface area (Å²) in [6, 6.07) is 0.417. The first-order valence-electron chi connectivity index (χ1n) is 6.65. The quantitative estimate of drug-likeness (QED) is 0.760. The Kier molecular flexibility index (Phi) is 4.41. The van der Waals surface area contributed by atoms with Crippen LogP contribution in [0, 0.1) is 0 Å². The molecule has 2 fully saturated rings. The highest BCUT2D eigenvalue weighted by Gasteiger charge is 2.25. The molecule has 1 saturated carbocycles. The molecule has 0 spiro atoms. The normalized spacial score (nSPS) is 21.4. The number of carboxylic acid groups (broad SMARTS) is 1. The number of carbonyl (C=O) groups excluding carboxylic acids is 1. The van der Waals surface area contributed by atoms with Crippen LogP contribution in [-0.2, 0) is 4.79 Å². The standard InChI is InChI=1S/C12H21N3O3/c16-11(17)4-5-14-6-8-15(9-7-14)12(18)13-10-2-1-3-10/h10H,1-9H2,(H,13,18)(H,16,17). The number of aliphatic carboxylic acids is 1. The molecule has 0 radical (unpaired) electrons. The molecule has 1 saturated heterocycles. The molecule has 0 aromatic carbocycles. The topological polar surface area (TPSA) is 72.9 Å². The molecule has 0 aromatic heterocycles. The van der Waals surface area contributed by atoms with E-state index in [4.69, 9.17) is 5.11 Å². The van der Waals surface area contributed by atoms with E-state index in [9.17, 15) is 9.59 Å². The summed E-state index contributed by atoms with van der Waals surface area (Å²) >= 11 is 0. The fourth-order valence-corrected chi connectivity index (χ4v) is 2.25. The van der Waals surface area contributed by atoms with Crippen LogP contribution in [0.3, 0.4) is 0 Å². The molecule has 0 atom stereocenters. The maximum Gasteiger partial charge on any atom is 0.317 e. The van der Waals surface area contributed by atoms with Gasteiger partial charge in [-0.05, 0) is 19.3 Å². The van der Waals surface area contributed by atoms with Crippen LogP contribution in [-0.4, -0.2) is 65.7 Å². The van der Waals surface area contributed by atoms with Crippen molar-refractivity contribution in [3.05, 3.63) is 0 Å². The zero-order chi connectivity index (χ0) is 13.0. The summed E-state index contributed by atoms with van der Waals surface area (Å²) < 4.78 is 0. The Labute approximate surface area is 107 Å². The molecule has 2 aliphatic rings. The number of carbonyl (C=O) groups is 2. The summed E-state index contributed by atoms with van der Waals surface area (Å²) in [5, 5.41) is 11.6. The minimum Gasteiger partial charge on any atom is -0.481 e. The predicted molar refractivity (Wildman–Crippen MR) is 66.4 cm³/mol. The monoisotopic (exact) mass is 255 g/mol. The molecular weight excluding hydrogens is 234 g/mol. The highest BCUT2D eigenvalue weighted by molar-refractivity contribution is 5.74. The van der Waals surface area contributed by atoms with Crippen molar-refractivity contribution in [2.75, 3.05) is 32.7 Å². The predicted octanol–water partition coefficient (Wildman–Crippen LogP) is 0.341. The van der Waals surface area contributed by atoms with Crippen molar-refractivity contribution >= 4 is 12.0 Å². The number of hydrogen-bond acceptors (Lipinski definition) is 3. The van der Waals surface area contributed by atoms with Gasteiger partial charge in [-0.2, -0.15) is 0 Å². The number of nitrogens with one attached hydrogen (secondary N) is 1. The van der Waals surface area contributed by atoms with Crippen LogP contribution in [0.1, 0.15) is 25.7 Å². The van der Waals surface area contributed by atoms with Gasteiger partial charge in [0.05, 0.1) is 6.42 Å². The summed E-state index contributed by atoms with van der Waals surface area (Å²) in [6.07, 6.45) is 3.59. The fraction of sp³-hybridized carbons (Fsp3) is 0.833. The number of hydrogen-bond donors (Lipinski definition) is 2. The van der Waals surface area contributed by atoms with Crippen molar-refractivity contribution < 1.29 is 14.7 Å². The average Bonchev–Trinajstić information content (AvgIpc) is 2.31. The van der Waals surface area contributed by atoms with Crippen LogP contribution in [0.5, 0.6) is 0 Å². The number of piperazine rings is 1. The molecule has 1 aliphatic heterocycles. The Morgan fingerprint density at radius 2 is 1.83 bits per heavy atom. The third kappa shape index (κ3) is 3.60. The number of rotatable bonds is 4. The molecule has 102 valence electrons. The second kappa shape index (κ2) is 6.04. The first-order chi connectivity index (χ1) is 8.65. The average molecular weight is 255 g/mol. The fourth-order valence-electron chi connectivity index (χ4n) is 2.25. The Morgan fingerprint density at radius 1 is 1.17 bits per heavy atom. The van der Waals surface area contributed by atoms with E-state index in [1.807, 2.05) is 4.90 Å². The summed E-state index contributed by atoms with van der Waals surface area (Å²) in [4.78, 5) is 26.3. The number of nitrogens with zero attached hydrogens (tertiary/aromatic N) is 2. The van der Waals surface area contributed by atoms with Crippen molar-refractivity contribution in [3.8, 4) is 0 Å². The molecule has 0 unspecified atom stereocenters. The molecule has 2 amide bonds. The Balaban J connectivity index is 1.65. The summed E-state index contributed by atoms with van der Waals surface area (Å²) in [7, 11) is 0. The van der Waals surface area contributed by atoms with Gasteiger partial charge in [0.25, 0.3) is 0 Å². The van der Waals surface area contributed by atoms with Gasteiger partial charge in [-0.3, -0.25) is 9.69 Å². The lowest BCUT2D eigenvalue weighted by Gasteiger charge is -2.36. The van der Waals surface area contributed by atoms with E-state index in [2.05, 4.69) is 10.2 Å². The Hall–Kier alpha value is -1.30. The highest BCUT2D eigenvalue weighted by atomic mass is 16.4. The smallest absolute Gasteiger partial charge is 0.317 e. The molecule has 1 aliphatic carbocycles. The van der Waals surface area contributed by atoms with Crippen molar-refractivity contribution in [3.63, 3.8) is 0 Å². The number of amides is 2. The van der Waals surface area contributed by atoms with Gasteiger partial charge in [0.15, 0.2) is 0 Å². The molecule has 2 rings (SSSR count). The van der Waals surface area contributed by atoms with Gasteiger partial charge >= 0.3 is 12.0 Å². The van der Waals surface area contributed by atoms with Gasteiger partial charge in [0, 0.05) is 38.8 Å². The second-order valence-corrected chi connectivity index (χ2v) is 5.05. The largest absolute Gasteiger partial charge is 0.481 e. The van der Waals surface area contributed by atoms with E-state index >= 15 is 0 Å². The Bertz CT molecular complexity index is 310. The van der Waals surface area contributed by atoms with Crippen LogP contribution in [0.25, 0.3) is 0 Å². The molecule has 0 bridgehead atoms. The van der Waals surface area contributed by atoms with Crippen molar-refractivity contribution in [1.82, 2.24) is 15.1 Å². The van der Waals surface area contributed by atoms with Crippen molar-refractivity contribution in [2.45, 2.75) is 31.7 Å². The maximum absolute atomic E-state index is 11.9. The van der Waals surface area contributed by atoms with E-state index in [1.165, 1.54) is 6.42 Å². The van der Waals surface area contributed by atoms with Crippen LogP contribution in [0.2, 0.25) is 0 Å². The molecule has 2 N–H and O–H groups in total. The van der Waals surface area contributed by atoms with Crippen LogP contribution in [0.15, 0.2) is 0 Å². The highest BCUT2D eigenvalue weighted by Crippen LogP contribution is 2.18. The van der Waals surface area contributed by atoms with E-state index in [1.54, 1.807) is 0 Å². The van der Waals surface area contributed by atoms with E-state index < -0.39 is 5.97 Å². The van der Waals surface area contributed by atoms with Gasteiger partial charge in [-0.1, -0.05) is 0 Å². The van der Waals surface area contributed by atoms with Gasteiger partial charge in [-0.15, -0.1) is 0 Å². The summed E-state index contributed by atoms with van der Waals surface area (Å²) in [6.45, 7) is 3.50. The van der Waals surface area contributed by atoms with Crippen LogP contribution < -0.4 is 5.32 Å². The Morgan fingerprint density at radius 3 is 2.33 bits per heavy atom. The first-order valence-corrected chi connectivity index (χ1v) is 6.65.